The summed E-state index contributed by atoms with van der Waals surface area (Å²) < 4.78 is 29.4. The van der Waals surface area contributed by atoms with Crippen LogP contribution in [-0.4, -0.2) is 46.3 Å². The number of pyridine rings is 1. The summed E-state index contributed by atoms with van der Waals surface area (Å²) in [6, 6.07) is 9.82. The van der Waals surface area contributed by atoms with E-state index in [0.29, 0.717) is 24.6 Å². The maximum absolute atomic E-state index is 13.1. The number of rotatable bonds is 5. The van der Waals surface area contributed by atoms with Gasteiger partial charge in [-0.05, 0) is 49.1 Å². The van der Waals surface area contributed by atoms with Crippen LogP contribution in [0, 0.1) is 5.92 Å². The summed E-state index contributed by atoms with van der Waals surface area (Å²) in [7, 11) is -3.77. The van der Waals surface area contributed by atoms with Crippen LogP contribution in [0.4, 0.5) is 0 Å². The molecule has 1 amide bonds. The summed E-state index contributed by atoms with van der Waals surface area (Å²) in [5.41, 5.74) is 0.897. The summed E-state index contributed by atoms with van der Waals surface area (Å²) in [6.45, 7) is 3.09. The largest absolute Gasteiger partial charge is 0.345 e. The number of carbonyl (C=O) groups is 1. The van der Waals surface area contributed by atoms with Gasteiger partial charge in [0.05, 0.1) is 11.6 Å². The number of nitrogens with zero attached hydrogens (tertiary/aromatic N) is 4. The van der Waals surface area contributed by atoms with Crippen LogP contribution in [0.1, 0.15) is 35.9 Å². The molecule has 2 aromatic heterocycles. The predicted octanol–water partition coefficient (Wildman–Crippen LogP) is 2.73. The lowest BCUT2D eigenvalue weighted by Gasteiger charge is -2.30. The monoisotopic (exact) mass is 447 g/mol. The topological polar surface area (TPSA) is 96.7 Å². The molecule has 0 bridgehead atoms. The molecule has 1 aromatic carbocycles. The van der Waals surface area contributed by atoms with Gasteiger partial charge in [-0.25, -0.2) is 8.42 Å². The zero-order valence-electron chi connectivity index (χ0n) is 16.5. The predicted molar refractivity (Wildman–Crippen MR) is 113 cm³/mol. The molecular formula is C20H22ClN5O3S. The fourth-order valence-electron chi connectivity index (χ4n) is 3.62. The van der Waals surface area contributed by atoms with Crippen LogP contribution >= 0.6 is 11.6 Å². The van der Waals surface area contributed by atoms with Gasteiger partial charge in [0.1, 0.15) is 4.90 Å². The average Bonchev–Trinajstić information content (AvgIpc) is 3.15. The van der Waals surface area contributed by atoms with Crippen LogP contribution in [0.2, 0.25) is 5.02 Å². The van der Waals surface area contributed by atoms with Crippen molar-refractivity contribution in [2.75, 3.05) is 13.1 Å². The Kier molecular flexibility index (Phi) is 5.77. The molecule has 1 saturated heterocycles. The van der Waals surface area contributed by atoms with Crippen LogP contribution in [0.3, 0.4) is 0 Å². The van der Waals surface area contributed by atoms with Crippen LogP contribution in [0.15, 0.2) is 47.5 Å². The number of fused-ring (bicyclic) bond motifs is 1. The van der Waals surface area contributed by atoms with Gasteiger partial charge in [0.25, 0.3) is 5.91 Å². The number of benzene rings is 1. The van der Waals surface area contributed by atoms with Crippen molar-refractivity contribution in [1.82, 2.24) is 24.2 Å². The van der Waals surface area contributed by atoms with E-state index in [-0.39, 0.29) is 27.9 Å². The molecular weight excluding hydrogens is 426 g/mol. The number of hydrogen-bond donors (Lipinski definition) is 1. The molecule has 1 aliphatic heterocycles. The lowest BCUT2D eigenvalue weighted by Crippen LogP contribution is -2.39. The molecule has 0 radical (unpaired) electrons. The standard InChI is InChI=1S/C20H22ClN5O3S/c1-14-5-4-9-25(13-14)30(28,29)17-11-15(7-8-16(17)21)20(27)22-12-19-24-23-18-6-2-3-10-26(18)19/h2-3,6-8,10-11,14H,4-5,9,12-13H2,1H3,(H,22,27). The quantitative estimate of drug-likeness (QED) is 0.648. The maximum atomic E-state index is 13.1. The van der Waals surface area contributed by atoms with E-state index >= 15 is 0 Å². The van der Waals surface area contributed by atoms with E-state index in [9.17, 15) is 13.2 Å². The molecule has 0 saturated carbocycles. The van der Waals surface area contributed by atoms with Gasteiger partial charge in [0.2, 0.25) is 10.0 Å². The number of halogens is 1. The first kappa shape index (κ1) is 20.8. The third-order valence-electron chi connectivity index (χ3n) is 5.22. The minimum absolute atomic E-state index is 0.0427. The molecule has 0 aliphatic carbocycles. The number of amides is 1. The Morgan fingerprint density at radius 3 is 2.90 bits per heavy atom. The van der Waals surface area contributed by atoms with Crippen molar-refractivity contribution in [3.05, 3.63) is 59.0 Å². The minimum atomic E-state index is -3.77. The summed E-state index contributed by atoms with van der Waals surface area (Å²) in [6.07, 6.45) is 3.62. The Balaban J connectivity index is 1.54. The number of sulfonamides is 1. The molecule has 1 atom stereocenters. The first-order valence-corrected chi connectivity index (χ1v) is 11.5. The molecule has 1 N–H and O–H groups in total. The highest BCUT2D eigenvalue weighted by molar-refractivity contribution is 7.89. The number of nitrogens with one attached hydrogen (secondary N) is 1. The van der Waals surface area contributed by atoms with E-state index in [2.05, 4.69) is 15.5 Å². The van der Waals surface area contributed by atoms with Gasteiger partial charge < -0.3 is 5.32 Å². The molecule has 1 unspecified atom stereocenters. The second-order valence-electron chi connectivity index (χ2n) is 7.48. The number of aromatic nitrogens is 3. The summed E-state index contributed by atoms with van der Waals surface area (Å²) >= 11 is 6.21. The van der Waals surface area contributed by atoms with E-state index in [0.717, 1.165) is 12.8 Å². The smallest absolute Gasteiger partial charge is 0.251 e. The van der Waals surface area contributed by atoms with Crippen LogP contribution < -0.4 is 5.32 Å². The normalized spacial score (nSPS) is 17.9. The molecule has 3 aromatic rings. The van der Waals surface area contributed by atoms with Crippen LogP contribution in [-0.2, 0) is 16.6 Å². The molecule has 3 heterocycles. The summed E-state index contributed by atoms with van der Waals surface area (Å²) in [5, 5.41) is 11.0. The Hall–Kier alpha value is -2.49. The Morgan fingerprint density at radius 2 is 2.10 bits per heavy atom. The summed E-state index contributed by atoms with van der Waals surface area (Å²) in [5.74, 6) is 0.447. The fourth-order valence-corrected chi connectivity index (χ4v) is 5.72. The molecule has 10 heteroatoms. The van der Waals surface area contributed by atoms with Gasteiger partial charge in [-0.2, -0.15) is 4.31 Å². The average molecular weight is 448 g/mol. The summed E-state index contributed by atoms with van der Waals surface area (Å²) in [4.78, 5) is 12.6. The van der Waals surface area contributed by atoms with Gasteiger partial charge in [0, 0.05) is 24.8 Å². The molecule has 4 rings (SSSR count). The number of piperidine rings is 1. The molecule has 1 aliphatic rings. The number of hydrogen-bond acceptors (Lipinski definition) is 5. The van der Waals surface area contributed by atoms with Gasteiger partial charge in [-0.15, -0.1) is 10.2 Å². The van der Waals surface area contributed by atoms with Gasteiger partial charge >= 0.3 is 0 Å². The molecule has 1 fully saturated rings. The highest BCUT2D eigenvalue weighted by atomic mass is 35.5. The van der Waals surface area contributed by atoms with Crippen molar-refractivity contribution in [1.29, 1.82) is 0 Å². The van der Waals surface area contributed by atoms with E-state index in [4.69, 9.17) is 11.6 Å². The first-order valence-electron chi connectivity index (χ1n) is 9.73. The SMILES string of the molecule is CC1CCCN(S(=O)(=O)c2cc(C(=O)NCc3nnc4ccccn34)ccc2Cl)C1. The van der Waals surface area contributed by atoms with Crippen molar-refractivity contribution in [2.24, 2.45) is 5.92 Å². The van der Waals surface area contributed by atoms with Crippen molar-refractivity contribution in [3.8, 4) is 0 Å². The van der Waals surface area contributed by atoms with Crippen molar-refractivity contribution >= 4 is 33.2 Å². The molecule has 158 valence electrons. The second kappa shape index (κ2) is 8.33. The van der Waals surface area contributed by atoms with Crippen molar-refractivity contribution < 1.29 is 13.2 Å². The van der Waals surface area contributed by atoms with Crippen molar-refractivity contribution in [2.45, 2.75) is 31.2 Å². The van der Waals surface area contributed by atoms with E-state index in [1.165, 1.54) is 22.5 Å². The Labute approximate surface area is 179 Å². The Morgan fingerprint density at radius 1 is 1.27 bits per heavy atom. The Bertz CT molecular complexity index is 1190. The maximum Gasteiger partial charge on any atom is 0.251 e. The van der Waals surface area contributed by atoms with Crippen LogP contribution in [0.5, 0.6) is 0 Å². The fraction of sp³-hybridized carbons (Fsp3) is 0.350. The highest BCUT2D eigenvalue weighted by Crippen LogP contribution is 2.29. The lowest BCUT2D eigenvalue weighted by molar-refractivity contribution is 0.0949. The third-order valence-corrected chi connectivity index (χ3v) is 7.57. The molecule has 30 heavy (non-hydrogen) atoms. The number of carbonyl (C=O) groups excluding carboxylic acids is 1. The lowest BCUT2D eigenvalue weighted by atomic mass is 10.0. The zero-order valence-corrected chi connectivity index (χ0v) is 18.0. The highest BCUT2D eigenvalue weighted by Gasteiger charge is 2.31. The third kappa shape index (κ3) is 4.05. The van der Waals surface area contributed by atoms with Gasteiger partial charge in [-0.3, -0.25) is 9.20 Å². The van der Waals surface area contributed by atoms with E-state index in [1.54, 1.807) is 4.40 Å². The zero-order chi connectivity index (χ0) is 21.3. The van der Waals surface area contributed by atoms with Gasteiger partial charge in [0.15, 0.2) is 11.5 Å². The van der Waals surface area contributed by atoms with E-state index < -0.39 is 15.9 Å². The molecule has 8 nitrogen and oxygen atoms in total. The second-order valence-corrected chi connectivity index (χ2v) is 9.80. The minimum Gasteiger partial charge on any atom is -0.345 e. The van der Waals surface area contributed by atoms with Gasteiger partial charge in [-0.1, -0.05) is 24.6 Å². The first-order chi connectivity index (χ1) is 14.4. The molecule has 0 spiro atoms. The van der Waals surface area contributed by atoms with E-state index in [1.807, 2.05) is 31.3 Å². The van der Waals surface area contributed by atoms with Crippen molar-refractivity contribution in [3.63, 3.8) is 0 Å². The van der Waals surface area contributed by atoms with Crippen LogP contribution in [0.25, 0.3) is 5.65 Å².